The summed E-state index contributed by atoms with van der Waals surface area (Å²) in [6, 6.07) is 0. The number of ether oxygens (including phenoxy) is 1. The molecule has 0 saturated carbocycles. The van der Waals surface area contributed by atoms with Crippen molar-refractivity contribution in [1.29, 1.82) is 0 Å². The van der Waals surface area contributed by atoms with E-state index in [9.17, 15) is 14.9 Å². The minimum absolute atomic E-state index is 0.503. The van der Waals surface area contributed by atoms with Crippen LogP contribution in [0, 0.1) is 10.1 Å². The molecule has 1 heterocycles. The summed E-state index contributed by atoms with van der Waals surface area (Å²) >= 11 is 0. The third-order valence-electron chi connectivity index (χ3n) is 2.74. The van der Waals surface area contributed by atoms with Crippen molar-refractivity contribution in [3.8, 4) is 0 Å². The largest absolute Gasteiger partial charge is 0.436 e. The molecule has 1 saturated heterocycles. The van der Waals surface area contributed by atoms with Crippen LogP contribution in [0.2, 0.25) is 0 Å². The van der Waals surface area contributed by atoms with Crippen LogP contribution in [-0.4, -0.2) is 41.4 Å². The van der Waals surface area contributed by atoms with Gasteiger partial charge in [-0.25, -0.2) is 4.79 Å². The summed E-state index contributed by atoms with van der Waals surface area (Å²) < 4.78 is 4.69. The van der Waals surface area contributed by atoms with Crippen molar-refractivity contribution in [2.45, 2.75) is 32.2 Å². The molecular formula is C9H16N2O5. The second-order valence-corrected chi connectivity index (χ2v) is 4.16. The minimum Gasteiger partial charge on any atom is -0.436 e. The maximum absolute atomic E-state index is 11.7. The monoisotopic (exact) mass is 232 g/mol. The van der Waals surface area contributed by atoms with E-state index in [2.05, 4.69) is 9.57 Å². The first-order chi connectivity index (χ1) is 7.44. The Bertz CT molecular complexity index is 273. The van der Waals surface area contributed by atoms with Crippen molar-refractivity contribution in [1.82, 2.24) is 4.90 Å². The molecular weight excluding hydrogens is 216 g/mol. The average Bonchev–Trinajstić information content (AvgIpc) is 2.69. The molecule has 0 N–H and O–H groups in total. The highest BCUT2D eigenvalue weighted by molar-refractivity contribution is 5.79. The lowest BCUT2D eigenvalue weighted by Crippen LogP contribution is -2.49. The van der Waals surface area contributed by atoms with E-state index in [0.717, 1.165) is 25.9 Å². The molecule has 7 nitrogen and oxygen atoms in total. The molecule has 16 heavy (non-hydrogen) atoms. The quantitative estimate of drug-likeness (QED) is 0.298. The number of carbonyl (C=O) groups is 1. The van der Waals surface area contributed by atoms with Crippen molar-refractivity contribution >= 4 is 5.97 Å². The van der Waals surface area contributed by atoms with Crippen molar-refractivity contribution in [2.75, 3.05) is 19.9 Å². The van der Waals surface area contributed by atoms with Crippen LogP contribution < -0.4 is 0 Å². The number of likely N-dealkylation sites (tertiary alicyclic amines) is 1. The highest BCUT2D eigenvalue weighted by Gasteiger charge is 2.37. The SMILES string of the molecule is CC(C)(C(=O)OCO[N+](=O)[O-])N1CCCC1. The molecule has 0 radical (unpaired) electrons. The van der Waals surface area contributed by atoms with Gasteiger partial charge < -0.3 is 4.74 Å². The van der Waals surface area contributed by atoms with Gasteiger partial charge in [-0.1, -0.05) is 0 Å². The molecule has 0 aromatic heterocycles. The smallest absolute Gasteiger partial charge is 0.327 e. The van der Waals surface area contributed by atoms with Gasteiger partial charge in [-0.2, -0.15) is 0 Å². The molecule has 0 atom stereocenters. The van der Waals surface area contributed by atoms with Crippen molar-refractivity contribution in [3.63, 3.8) is 0 Å². The molecule has 0 aromatic carbocycles. The van der Waals surface area contributed by atoms with Gasteiger partial charge in [0.2, 0.25) is 6.79 Å². The van der Waals surface area contributed by atoms with Gasteiger partial charge in [0.05, 0.1) is 0 Å². The second-order valence-electron chi connectivity index (χ2n) is 4.16. The van der Waals surface area contributed by atoms with Gasteiger partial charge in [0.15, 0.2) is 0 Å². The number of esters is 1. The topological polar surface area (TPSA) is 81.9 Å². The van der Waals surface area contributed by atoms with E-state index in [1.165, 1.54) is 0 Å². The summed E-state index contributed by atoms with van der Waals surface area (Å²) in [6.07, 6.45) is 2.12. The predicted octanol–water partition coefficient (Wildman–Crippen LogP) is 0.570. The number of carbonyl (C=O) groups excluding carboxylic acids is 1. The molecule has 7 heteroatoms. The van der Waals surface area contributed by atoms with Gasteiger partial charge in [-0.15, -0.1) is 10.1 Å². The maximum Gasteiger partial charge on any atom is 0.327 e. The van der Waals surface area contributed by atoms with Crippen LogP contribution in [0.1, 0.15) is 26.7 Å². The molecule has 1 aliphatic heterocycles. The van der Waals surface area contributed by atoms with Crippen LogP contribution in [0.3, 0.4) is 0 Å². The Hall–Kier alpha value is -1.37. The van der Waals surface area contributed by atoms with E-state index >= 15 is 0 Å². The van der Waals surface area contributed by atoms with E-state index in [-0.39, 0.29) is 0 Å². The highest BCUT2D eigenvalue weighted by Crippen LogP contribution is 2.22. The summed E-state index contributed by atoms with van der Waals surface area (Å²) in [4.78, 5) is 27.5. The van der Waals surface area contributed by atoms with Crippen LogP contribution in [0.5, 0.6) is 0 Å². The van der Waals surface area contributed by atoms with Crippen LogP contribution in [0.15, 0.2) is 0 Å². The predicted molar refractivity (Wildman–Crippen MR) is 53.9 cm³/mol. The summed E-state index contributed by atoms with van der Waals surface area (Å²) in [5.74, 6) is -0.503. The minimum atomic E-state index is -0.990. The Balaban J connectivity index is 2.41. The zero-order valence-electron chi connectivity index (χ0n) is 9.47. The molecule has 0 aliphatic carbocycles. The lowest BCUT2D eigenvalue weighted by Gasteiger charge is -2.32. The fourth-order valence-corrected chi connectivity index (χ4v) is 1.70. The van der Waals surface area contributed by atoms with Crippen molar-refractivity contribution in [3.05, 3.63) is 10.1 Å². The Morgan fingerprint density at radius 3 is 2.50 bits per heavy atom. The molecule has 1 rings (SSSR count). The fraction of sp³-hybridized carbons (Fsp3) is 0.889. The first-order valence-corrected chi connectivity index (χ1v) is 5.14. The lowest BCUT2D eigenvalue weighted by molar-refractivity contribution is -0.765. The second kappa shape index (κ2) is 5.11. The Labute approximate surface area is 93.4 Å². The lowest BCUT2D eigenvalue weighted by atomic mass is 10.0. The fourth-order valence-electron chi connectivity index (χ4n) is 1.70. The van der Waals surface area contributed by atoms with E-state index in [4.69, 9.17) is 0 Å². The highest BCUT2D eigenvalue weighted by atomic mass is 17.0. The molecule has 0 amide bonds. The molecule has 0 unspecified atom stereocenters. The summed E-state index contributed by atoms with van der Waals surface area (Å²) in [7, 11) is 0. The Morgan fingerprint density at radius 1 is 1.44 bits per heavy atom. The summed E-state index contributed by atoms with van der Waals surface area (Å²) in [5.41, 5.74) is -0.754. The van der Waals surface area contributed by atoms with Crippen LogP contribution in [0.4, 0.5) is 0 Å². The summed E-state index contributed by atoms with van der Waals surface area (Å²) in [6.45, 7) is 4.53. The van der Waals surface area contributed by atoms with Crippen molar-refractivity contribution < 1.29 is 19.5 Å². The first kappa shape index (κ1) is 12.7. The van der Waals surface area contributed by atoms with Gasteiger partial charge >= 0.3 is 5.97 Å². The van der Waals surface area contributed by atoms with Crippen LogP contribution >= 0.6 is 0 Å². The van der Waals surface area contributed by atoms with E-state index in [0.29, 0.717) is 0 Å². The number of hydrogen-bond donors (Lipinski definition) is 0. The molecule has 92 valence electrons. The molecule has 0 bridgehead atoms. The number of nitrogens with zero attached hydrogens (tertiary/aromatic N) is 2. The van der Waals surface area contributed by atoms with Gasteiger partial charge in [0, 0.05) is 0 Å². The van der Waals surface area contributed by atoms with Gasteiger partial charge in [-0.3, -0.25) is 9.74 Å². The van der Waals surface area contributed by atoms with Gasteiger partial charge in [0.25, 0.3) is 5.09 Å². The number of rotatable bonds is 5. The van der Waals surface area contributed by atoms with Gasteiger partial charge in [0.1, 0.15) is 5.54 Å². The van der Waals surface area contributed by atoms with E-state index in [1.54, 1.807) is 13.8 Å². The normalized spacial score (nSPS) is 17.1. The van der Waals surface area contributed by atoms with Crippen LogP contribution in [-0.2, 0) is 14.4 Å². The van der Waals surface area contributed by atoms with E-state index < -0.39 is 23.4 Å². The molecule has 0 spiro atoms. The zero-order chi connectivity index (χ0) is 12.2. The standard InChI is InChI=1S/C9H16N2O5/c1-9(2,10-5-3-4-6-10)8(12)15-7-16-11(13)14/h3-7H2,1-2H3. The summed E-state index contributed by atoms with van der Waals surface area (Å²) in [5, 5.41) is 8.88. The third-order valence-corrected chi connectivity index (χ3v) is 2.74. The van der Waals surface area contributed by atoms with Crippen molar-refractivity contribution in [2.24, 2.45) is 0 Å². The molecule has 1 aliphatic rings. The third kappa shape index (κ3) is 3.06. The van der Waals surface area contributed by atoms with Crippen LogP contribution in [0.25, 0.3) is 0 Å². The molecule has 1 fully saturated rings. The average molecular weight is 232 g/mol. The maximum atomic E-state index is 11.7. The molecule has 0 aromatic rings. The first-order valence-electron chi connectivity index (χ1n) is 5.14. The number of hydrogen-bond acceptors (Lipinski definition) is 6. The Kier molecular flexibility index (Phi) is 4.05. The zero-order valence-corrected chi connectivity index (χ0v) is 9.47. The Morgan fingerprint density at radius 2 is 2.00 bits per heavy atom. The van der Waals surface area contributed by atoms with Gasteiger partial charge in [-0.05, 0) is 39.8 Å². The van der Waals surface area contributed by atoms with E-state index in [1.807, 2.05) is 4.90 Å².